The van der Waals surface area contributed by atoms with Gasteiger partial charge < -0.3 is 10.5 Å². The van der Waals surface area contributed by atoms with Gasteiger partial charge in [-0.05, 0) is 54.7 Å². The van der Waals surface area contributed by atoms with E-state index in [1.807, 2.05) is 12.1 Å². The predicted octanol–water partition coefficient (Wildman–Crippen LogP) is 5.74. The maximum Gasteiger partial charge on any atom is 0.420 e. The standard InChI is InChI=1S/C18H18F3NO/c19-18(20,21)16-11-14(22)7-10-17(16)23-15-8-5-13(6-9-15)12-3-1-2-4-12/h5-12H,1-4,22H2. The third-order valence-corrected chi connectivity index (χ3v) is 4.24. The average Bonchev–Trinajstić information content (AvgIpc) is 3.03. The van der Waals surface area contributed by atoms with Crippen LogP contribution in [0.3, 0.4) is 0 Å². The molecule has 3 rings (SSSR count). The molecule has 2 aromatic carbocycles. The molecule has 0 amide bonds. The van der Waals surface area contributed by atoms with Crippen LogP contribution in [0, 0.1) is 0 Å². The van der Waals surface area contributed by atoms with E-state index in [9.17, 15) is 13.2 Å². The number of halogens is 3. The van der Waals surface area contributed by atoms with Gasteiger partial charge in [0.25, 0.3) is 0 Å². The summed E-state index contributed by atoms with van der Waals surface area (Å²) in [5.74, 6) is 0.716. The number of nitrogen functional groups attached to an aromatic ring is 1. The first-order valence-electron chi connectivity index (χ1n) is 7.68. The van der Waals surface area contributed by atoms with Crippen LogP contribution in [0.15, 0.2) is 42.5 Å². The van der Waals surface area contributed by atoms with Crippen LogP contribution in [0.4, 0.5) is 18.9 Å². The Morgan fingerprint density at radius 2 is 1.61 bits per heavy atom. The fourth-order valence-corrected chi connectivity index (χ4v) is 3.05. The molecule has 1 aliphatic carbocycles. The smallest absolute Gasteiger partial charge is 0.420 e. The van der Waals surface area contributed by atoms with Crippen LogP contribution in [0.5, 0.6) is 11.5 Å². The SMILES string of the molecule is Nc1ccc(Oc2ccc(C3CCCC3)cc2)c(C(F)(F)F)c1. The summed E-state index contributed by atoms with van der Waals surface area (Å²) < 4.78 is 44.6. The number of ether oxygens (including phenoxy) is 1. The highest BCUT2D eigenvalue weighted by atomic mass is 19.4. The van der Waals surface area contributed by atoms with Gasteiger partial charge in [-0.1, -0.05) is 25.0 Å². The van der Waals surface area contributed by atoms with Crippen LogP contribution >= 0.6 is 0 Å². The Kier molecular flexibility index (Phi) is 4.20. The summed E-state index contributed by atoms with van der Waals surface area (Å²) >= 11 is 0. The van der Waals surface area contributed by atoms with Crippen LogP contribution in [0.1, 0.15) is 42.7 Å². The van der Waals surface area contributed by atoms with Gasteiger partial charge in [-0.25, -0.2) is 0 Å². The second-order valence-electron chi connectivity index (χ2n) is 5.91. The van der Waals surface area contributed by atoms with Crippen molar-refractivity contribution in [3.63, 3.8) is 0 Å². The number of hydrogen-bond donors (Lipinski definition) is 1. The van der Waals surface area contributed by atoms with Gasteiger partial charge in [0, 0.05) is 5.69 Å². The van der Waals surface area contributed by atoms with Crippen molar-refractivity contribution in [2.45, 2.75) is 37.8 Å². The van der Waals surface area contributed by atoms with Crippen LogP contribution in [0.25, 0.3) is 0 Å². The normalized spacial score (nSPS) is 15.8. The average molecular weight is 321 g/mol. The minimum absolute atomic E-state index is 0.0567. The molecule has 1 fully saturated rings. The van der Waals surface area contributed by atoms with E-state index in [4.69, 9.17) is 10.5 Å². The van der Waals surface area contributed by atoms with Gasteiger partial charge in [0.15, 0.2) is 0 Å². The van der Waals surface area contributed by atoms with Crippen molar-refractivity contribution in [3.05, 3.63) is 53.6 Å². The molecule has 0 bridgehead atoms. The molecule has 2 nitrogen and oxygen atoms in total. The summed E-state index contributed by atoms with van der Waals surface area (Å²) in [6, 6.07) is 10.9. The molecule has 122 valence electrons. The van der Waals surface area contributed by atoms with Crippen LogP contribution in [-0.2, 0) is 6.18 Å². The van der Waals surface area contributed by atoms with Crippen molar-refractivity contribution < 1.29 is 17.9 Å². The molecule has 0 aromatic heterocycles. The number of benzene rings is 2. The van der Waals surface area contributed by atoms with Crippen molar-refractivity contribution in [1.29, 1.82) is 0 Å². The van der Waals surface area contributed by atoms with Gasteiger partial charge in [0.05, 0.1) is 0 Å². The zero-order chi connectivity index (χ0) is 16.4. The van der Waals surface area contributed by atoms with Gasteiger partial charge in [0.1, 0.15) is 17.1 Å². The van der Waals surface area contributed by atoms with Gasteiger partial charge in [-0.15, -0.1) is 0 Å². The van der Waals surface area contributed by atoms with E-state index in [0.29, 0.717) is 11.7 Å². The van der Waals surface area contributed by atoms with E-state index in [2.05, 4.69) is 0 Å². The summed E-state index contributed by atoms with van der Waals surface area (Å²) in [5.41, 5.74) is 5.87. The topological polar surface area (TPSA) is 35.2 Å². The minimum atomic E-state index is -4.51. The van der Waals surface area contributed by atoms with Crippen molar-refractivity contribution >= 4 is 5.69 Å². The molecule has 0 heterocycles. The first kappa shape index (κ1) is 15.7. The van der Waals surface area contributed by atoms with Crippen molar-refractivity contribution in [3.8, 4) is 11.5 Å². The Morgan fingerprint density at radius 1 is 0.957 bits per heavy atom. The van der Waals surface area contributed by atoms with Crippen LogP contribution < -0.4 is 10.5 Å². The minimum Gasteiger partial charge on any atom is -0.457 e. The lowest BCUT2D eigenvalue weighted by Gasteiger charge is -2.15. The van der Waals surface area contributed by atoms with Crippen molar-refractivity contribution in [1.82, 2.24) is 0 Å². The monoisotopic (exact) mass is 321 g/mol. The van der Waals surface area contributed by atoms with E-state index in [1.165, 1.54) is 43.4 Å². The Bertz CT molecular complexity index is 674. The fourth-order valence-electron chi connectivity index (χ4n) is 3.05. The van der Waals surface area contributed by atoms with Crippen LogP contribution in [-0.4, -0.2) is 0 Å². The van der Waals surface area contributed by atoms with Gasteiger partial charge in [0.2, 0.25) is 0 Å². The molecule has 0 saturated heterocycles. The summed E-state index contributed by atoms with van der Waals surface area (Å²) in [6.45, 7) is 0. The molecule has 0 aliphatic heterocycles. The highest BCUT2D eigenvalue weighted by molar-refractivity contribution is 5.50. The number of anilines is 1. The molecule has 0 spiro atoms. The highest BCUT2D eigenvalue weighted by Crippen LogP contribution is 2.40. The molecule has 0 atom stereocenters. The summed E-state index contributed by atoms with van der Waals surface area (Å²) in [5, 5.41) is 0. The van der Waals surface area contributed by atoms with Crippen molar-refractivity contribution in [2.24, 2.45) is 0 Å². The molecule has 0 unspecified atom stereocenters. The Hall–Kier alpha value is -2.17. The van der Waals surface area contributed by atoms with E-state index >= 15 is 0 Å². The highest BCUT2D eigenvalue weighted by Gasteiger charge is 2.34. The van der Waals surface area contributed by atoms with Gasteiger partial charge in [-0.3, -0.25) is 0 Å². The molecular weight excluding hydrogens is 303 g/mol. The Labute approximate surface area is 133 Å². The van der Waals surface area contributed by atoms with E-state index < -0.39 is 11.7 Å². The van der Waals surface area contributed by atoms with Gasteiger partial charge in [-0.2, -0.15) is 13.2 Å². The van der Waals surface area contributed by atoms with E-state index in [1.54, 1.807) is 12.1 Å². The second-order valence-corrected chi connectivity index (χ2v) is 5.91. The Morgan fingerprint density at radius 3 is 2.22 bits per heavy atom. The zero-order valence-electron chi connectivity index (χ0n) is 12.6. The number of alkyl halides is 3. The molecule has 23 heavy (non-hydrogen) atoms. The molecule has 2 aromatic rings. The maximum absolute atomic E-state index is 13.1. The third kappa shape index (κ3) is 3.60. The lowest BCUT2D eigenvalue weighted by molar-refractivity contribution is -0.138. The predicted molar refractivity (Wildman–Crippen MR) is 83.6 cm³/mol. The number of rotatable bonds is 3. The summed E-state index contributed by atoms with van der Waals surface area (Å²) in [4.78, 5) is 0. The largest absolute Gasteiger partial charge is 0.457 e. The lowest BCUT2D eigenvalue weighted by atomic mass is 9.98. The van der Waals surface area contributed by atoms with Gasteiger partial charge >= 0.3 is 6.18 Å². The molecule has 1 aliphatic rings. The molecule has 1 saturated carbocycles. The first-order valence-corrected chi connectivity index (χ1v) is 7.68. The maximum atomic E-state index is 13.1. The second kappa shape index (κ2) is 6.14. The lowest BCUT2D eigenvalue weighted by Crippen LogP contribution is -2.08. The zero-order valence-corrected chi connectivity index (χ0v) is 12.6. The molecular formula is C18H18F3NO. The van der Waals surface area contributed by atoms with E-state index in [-0.39, 0.29) is 11.4 Å². The number of nitrogens with two attached hydrogens (primary N) is 1. The first-order chi connectivity index (χ1) is 10.9. The summed E-state index contributed by atoms with van der Waals surface area (Å²) in [6.07, 6.45) is 0.327. The number of hydrogen-bond acceptors (Lipinski definition) is 2. The van der Waals surface area contributed by atoms with Crippen molar-refractivity contribution in [2.75, 3.05) is 5.73 Å². The quantitative estimate of drug-likeness (QED) is 0.732. The molecule has 5 heteroatoms. The summed E-state index contributed by atoms with van der Waals surface area (Å²) in [7, 11) is 0. The Balaban J connectivity index is 1.82. The van der Waals surface area contributed by atoms with Crippen LogP contribution in [0.2, 0.25) is 0 Å². The van der Waals surface area contributed by atoms with E-state index in [0.717, 1.165) is 6.07 Å². The fraction of sp³-hybridized carbons (Fsp3) is 0.333. The molecule has 2 N–H and O–H groups in total. The third-order valence-electron chi connectivity index (χ3n) is 4.24. The molecule has 0 radical (unpaired) electrons.